The minimum atomic E-state index is 0.419. The Labute approximate surface area is 158 Å². The Bertz CT molecular complexity index is 856. The zero-order valence-corrected chi connectivity index (χ0v) is 16.4. The fourth-order valence-corrected chi connectivity index (χ4v) is 4.50. The zero-order chi connectivity index (χ0) is 15.8. The number of hydrogen-bond donors (Lipinski definition) is 2. The van der Waals surface area contributed by atoms with Crippen LogP contribution in [-0.4, -0.2) is 4.98 Å². The molecule has 0 radical (unpaired) electrons. The van der Waals surface area contributed by atoms with Crippen LogP contribution >= 0.6 is 38.5 Å². The van der Waals surface area contributed by atoms with Crippen LogP contribution in [0.2, 0.25) is 0 Å². The minimum absolute atomic E-state index is 0.419. The van der Waals surface area contributed by atoms with E-state index in [9.17, 15) is 0 Å². The summed E-state index contributed by atoms with van der Waals surface area (Å²) in [6.45, 7) is 0.917. The number of benzene rings is 2. The van der Waals surface area contributed by atoms with Crippen LogP contribution in [0.3, 0.4) is 0 Å². The highest BCUT2D eigenvalue weighted by atomic mass is 127. The number of halogens is 2. The minimum Gasteiger partial charge on any atom is -0.357 e. The van der Waals surface area contributed by atoms with Crippen LogP contribution in [0, 0.1) is 3.57 Å². The molecular formula is C19H18BrIN2. The Morgan fingerprint density at radius 1 is 1.22 bits per heavy atom. The quantitative estimate of drug-likeness (QED) is 0.462. The van der Waals surface area contributed by atoms with Crippen molar-refractivity contribution in [2.45, 2.75) is 31.8 Å². The molecule has 1 atom stereocenters. The molecule has 0 amide bonds. The van der Waals surface area contributed by atoms with Crippen molar-refractivity contribution in [2.24, 2.45) is 0 Å². The first-order chi connectivity index (χ1) is 11.2. The third-order valence-corrected chi connectivity index (χ3v) is 5.78. The summed E-state index contributed by atoms with van der Waals surface area (Å²) in [4.78, 5) is 3.66. The Kier molecular flexibility index (Phi) is 4.48. The van der Waals surface area contributed by atoms with Gasteiger partial charge < -0.3 is 10.3 Å². The third-order valence-electron chi connectivity index (χ3n) is 4.61. The molecule has 2 nitrogen and oxygen atoms in total. The van der Waals surface area contributed by atoms with Gasteiger partial charge in [-0.1, -0.05) is 28.1 Å². The Morgan fingerprint density at radius 3 is 3.00 bits per heavy atom. The molecule has 1 aliphatic rings. The molecule has 1 aromatic heterocycles. The standard InChI is InChI=1S/C19H18BrIN2/c20-13-7-8-17-16(10-13)15-5-2-6-18(19(15)23-17)22-11-12-3-1-4-14(21)9-12/h1,3-4,7-10,18,22-23H,2,5-6,11H2/t18-/m1/s1. The van der Waals surface area contributed by atoms with Crippen LogP contribution in [0.1, 0.15) is 35.7 Å². The van der Waals surface area contributed by atoms with E-state index >= 15 is 0 Å². The fourth-order valence-electron chi connectivity index (χ4n) is 3.53. The summed E-state index contributed by atoms with van der Waals surface area (Å²) in [6, 6.07) is 15.7. The van der Waals surface area contributed by atoms with Gasteiger partial charge in [-0.3, -0.25) is 0 Å². The maximum Gasteiger partial charge on any atom is 0.0478 e. The maximum absolute atomic E-state index is 3.75. The van der Waals surface area contributed by atoms with Crippen molar-refractivity contribution in [1.29, 1.82) is 0 Å². The van der Waals surface area contributed by atoms with Crippen LogP contribution in [0.4, 0.5) is 0 Å². The molecule has 118 valence electrons. The molecule has 0 saturated carbocycles. The van der Waals surface area contributed by atoms with Gasteiger partial charge in [-0.15, -0.1) is 0 Å². The summed E-state index contributed by atoms with van der Waals surface area (Å²) in [5.74, 6) is 0. The van der Waals surface area contributed by atoms with E-state index in [1.807, 2.05) is 0 Å². The van der Waals surface area contributed by atoms with Crippen LogP contribution in [-0.2, 0) is 13.0 Å². The van der Waals surface area contributed by atoms with E-state index in [0.717, 1.165) is 11.0 Å². The van der Waals surface area contributed by atoms with Gasteiger partial charge in [-0.05, 0) is 83.3 Å². The molecule has 0 spiro atoms. The summed E-state index contributed by atoms with van der Waals surface area (Å²) in [5.41, 5.74) is 5.48. The highest BCUT2D eigenvalue weighted by Crippen LogP contribution is 2.35. The normalized spacial score (nSPS) is 17.4. The van der Waals surface area contributed by atoms with Crippen LogP contribution < -0.4 is 5.32 Å². The van der Waals surface area contributed by atoms with E-state index in [4.69, 9.17) is 0 Å². The lowest BCUT2D eigenvalue weighted by molar-refractivity contribution is 0.452. The van der Waals surface area contributed by atoms with Crippen molar-refractivity contribution in [3.63, 3.8) is 0 Å². The van der Waals surface area contributed by atoms with Gasteiger partial charge in [0, 0.05) is 37.2 Å². The van der Waals surface area contributed by atoms with Crippen LogP contribution in [0.15, 0.2) is 46.9 Å². The highest BCUT2D eigenvalue weighted by molar-refractivity contribution is 14.1. The van der Waals surface area contributed by atoms with Crippen LogP contribution in [0.5, 0.6) is 0 Å². The summed E-state index contributed by atoms with van der Waals surface area (Å²) >= 11 is 5.97. The van der Waals surface area contributed by atoms with E-state index in [2.05, 4.69) is 91.3 Å². The molecule has 0 fully saturated rings. The smallest absolute Gasteiger partial charge is 0.0478 e. The number of aromatic nitrogens is 1. The molecule has 23 heavy (non-hydrogen) atoms. The van der Waals surface area contributed by atoms with Gasteiger partial charge in [0.05, 0.1) is 0 Å². The summed E-state index contributed by atoms with van der Waals surface area (Å²) < 4.78 is 2.45. The Balaban J connectivity index is 1.61. The second-order valence-corrected chi connectivity index (χ2v) is 8.32. The molecule has 0 aliphatic heterocycles. The van der Waals surface area contributed by atoms with E-state index in [0.29, 0.717) is 6.04 Å². The topological polar surface area (TPSA) is 27.8 Å². The second-order valence-electron chi connectivity index (χ2n) is 6.16. The first-order valence-electron chi connectivity index (χ1n) is 7.98. The van der Waals surface area contributed by atoms with Gasteiger partial charge in [-0.25, -0.2) is 0 Å². The first kappa shape index (κ1) is 15.7. The SMILES string of the molecule is Brc1ccc2[nH]c3c(c2c1)CCC[C@H]3NCc1cccc(I)c1. The van der Waals surface area contributed by atoms with E-state index < -0.39 is 0 Å². The number of aryl methyl sites for hydroxylation is 1. The number of nitrogens with one attached hydrogen (secondary N) is 2. The summed E-state index contributed by atoms with van der Waals surface area (Å²) in [5, 5.41) is 5.12. The Hall–Kier alpha value is -0.850. The van der Waals surface area contributed by atoms with E-state index in [1.54, 1.807) is 0 Å². The first-order valence-corrected chi connectivity index (χ1v) is 9.86. The van der Waals surface area contributed by atoms with Crippen molar-refractivity contribution in [2.75, 3.05) is 0 Å². The monoisotopic (exact) mass is 480 g/mol. The van der Waals surface area contributed by atoms with Crippen molar-refractivity contribution >= 4 is 49.4 Å². The molecular weight excluding hydrogens is 463 g/mol. The fraction of sp³-hybridized carbons (Fsp3) is 0.263. The summed E-state index contributed by atoms with van der Waals surface area (Å²) in [7, 11) is 0. The predicted molar refractivity (Wildman–Crippen MR) is 108 cm³/mol. The van der Waals surface area contributed by atoms with Gasteiger partial charge in [0.25, 0.3) is 0 Å². The highest BCUT2D eigenvalue weighted by Gasteiger charge is 2.23. The molecule has 0 bridgehead atoms. The molecule has 2 aromatic carbocycles. The number of H-pyrrole nitrogens is 1. The maximum atomic E-state index is 3.75. The van der Waals surface area contributed by atoms with Gasteiger partial charge in [0.15, 0.2) is 0 Å². The van der Waals surface area contributed by atoms with E-state index in [1.165, 1.54) is 50.6 Å². The molecule has 4 heteroatoms. The average molecular weight is 481 g/mol. The lowest BCUT2D eigenvalue weighted by Crippen LogP contribution is -2.24. The van der Waals surface area contributed by atoms with Gasteiger partial charge in [0.2, 0.25) is 0 Å². The number of rotatable bonds is 3. The lowest BCUT2D eigenvalue weighted by Gasteiger charge is -2.24. The zero-order valence-electron chi connectivity index (χ0n) is 12.7. The average Bonchev–Trinajstić information content (AvgIpc) is 2.91. The predicted octanol–water partition coefficient (Wildman–Crippen LogP) is 5.70. The van der Waals surface area contributed by atoms with Crippen molar-refractivity contribution in [3.05, 3.63) is 67.3 Å². The summed E-state index contributed by atoms with van der Waals surface area (Å²) in [6.07, 6.45) is 3.62. The van der Waals surface area contributed by atoms with Gasteiger partial charge in [-0.2, -0.15) is 0 Å². The second kappa shape index (κ2) is 6.57. The Morgan fingerprint density at radius 2 is 2.13 bits per heavy atom. The molecule has 1 heterocycles. The van der Waals surface area contributed by atoms with Crippen molar-refractivity contribution < 1.29 is 0 Å². The lowest BCUT2D eigenvalue weighted by atomic mass is 9.91. The molecule has 2 N–H and O–H groups in total. The van der Waals surface area contributed by atoms with Crippen molar-refractivity contribution in [1.82, 2.24) is 10.3 Å². The van der Waals surface area contributed by atoms with Gasteiger partial charge >= 0.3 is 0 Å². The van der Waals surface area contributed by atoms with Gasteiger partial charge in [0.1, 0.15) is 0 Å². The number of aromatic amines is 1. The number of fused-ring (bicyclic) bond motifs is 3. The van der Waals surface area contributed by atoms with E-state index in [-0.39, 0.29) is 0 Å². The van der Waals surface area contributed by atoms with Crippen molar-refractivity contribution in [3.8, 4) is 0 Å². The molecule has 0 unspecified atom stereocenters. The van der Waals surface area contributed by atoms with Crippen LogP contribution in [0.25, 0.3) is 10.9 Å². The number of hydrogen-bond acceptors (Lipinski definition) is 1. The largest absolute Gasteiger partial charge is 0.357 e. The molecule has 4 rings (SSSR count). The molecule has 3 aromatic rings. The molecule has 1 aliphatic carbocycles. The molecule has 0 saturated heterocycles. The third kappa shape index (κ3) is 3.21.